The number of ether oxygens (including phenoxy) is 1. The lowest BCUT2D eigenvalue weighted by Crippen LogP contribution is -2.35. The van der Waals surface area contributed by atoms with Crippen LogP contribution in [0.1, 0.15) is 69.5 Å². The molecule has 5 rings (SSSR count). The first-order chi connectivity index (χ1) is 18.7. The van der Waals surface area contributed by atoms with Crippen molar-refractivity contribution in [2.24, 2.45) is 0 Å². The van der Waals surface area contributed by atoms with Crippen molar-refractivity contribution in [3.8, 4) is 5.75 Å². The Labute approximate surface area is 230 Å². The predicted molar refractivity (Wildman–Crippen MR) is 152 cm³/mol. The highest BCUT2D eigenvalue weighted by Crippen LogP contribution is 2.39. The summed E-state index contributed by atoms with van der Waals surface area (Å²) >= 11 is 0. The Bertz CT molecular complexity index is 1510. The molecule has 3 aromatic heterocycles. The molecule has 0 aliphatic heterocycles. The zero-order chi connectivity index (χ0) is 27.6. The smallest absolute Gasteiger partial charge is 0.319 e. The molecule has 3 N–H and O–H groups in total. The molecule has 0 radical (unpaired) electrons. The van der Waals surface area contributed by atoms with Crippen LogP contribution >= 0.6 is 0 Å². The molecule has 3 unspecified atom stereocenters. The number of amides is 2. The molecule has 2 amide bonds. The predicted octanol–water partition coefficient (Wildman–Crippen LogP) is 5.29. The van der Waals surface area contributed by atoms with E-state index in [1.54, 1.807) is 12.4 Å². The number of carbonyl (C=O) groups is 1. The number of hydrogen-bond acceptors (Lipinski definition) is 6. The second-order valence-corrected chi connectivity index (χ2v) is 12.0. The SMILES string of the molecule is CCS(=O)Nc1cc(NC(=O)NC2CCC(Oc3ccc4nncn4c3)c3ccccc32)cc(C(C)(C)C)n1. The first kappa shape index (κ1) is 26.6. The maximum Gasteiger partial charge on any atom is 0.319 e. The Balaban J connectivity index is 1.31. The van der Waals surface area contributed by atoms with Gasteiger partial charge >= 0.3 is 6.03 Å². The average Bonchev–Trinajstić information content (AvgIpc) is 3.37. The van der Waals surface area contributed by atoms with Crippen molar-refractivity contribution in [2.45, 2.75) is 58.1 Å². The molecule has 0 saturated carbocycles. The van der Waals surface area contributed by atoms with Crippen LogP contribution in [0.5, 0.6) is 5.75 Å². The maximum atomic E-state index is 13.1. The molecule has 1 aliphatic carbocycles. The van der Waals surface area contributed by atoms with Gasteiger partial charge in [-0.15, -0.1) is 10.2 Å². The molecule has 1 aliphatic rings. The van der Waals surface area contributed by atoms with Gasteiger partial charge in [0.1, 0.15) is 35.0 Å². The van der Waals surface area contributed by atoms with E-state index in [1.807, 2.05) is 80.8 Å². The summed E-state index contributed by atoms with van der Waals surface area (Å²) in [6, 6.07) is 14.9. The molecule has 0 fully saturated rings. The van der Waals surface area contributed by atoms with Gasteiger partial charge in [0, 0.05) is 22.9 Å². The van der Waals surface area contributed by atoms with Crippen LogP contribution in [0.3, 0.4) is 0 Å². The van der Waals surface area contributed by atoms with Gasteiger partial charge in [-0.25, -0.2) is 14.0 Å². The summed E-state index contributed by atoms with van der Waals surface area (Å²) < 4.78 is 23.2. The fourth-order valence-electron chi connectivity index (χ4n) is 4.62. The van der Waals surface area contributed by atoms with Crippen LogP contribution in [-0.4, -0.2) is 35.6 Å². The molecule has 3 heterocycles. The maximum absolute atomic E-state index is 13.1. The van der Waals surface area contributed by atoms with Gasteiger partial charge in [-0.05, 0) is 42.2 Å². The molecule has 10 nitrogen and oxygen atoms in total. The number of anilines is 2. The van der Waals surface area contributed by atoms with E-state index < -0.39 is 11.0 Å². The molecule has 0 saturated heterocycles. The van der Waals surface area contributed by atoms with E-state index in [4.69, 9.17) is 4.74 Å². The van der Waals surface area contributed by atoms with Crippen LogP contribution in [0, 0.1) is 0 Å². The van der Waals surface area contributed by atoms with Crippen LogP contribution in [0.2, 0.25) is 0 Å². The minimum atomic E-state index is -1.25. The summed E-state index contributed by atoms with van der Waals surface area (Å²) in [4.78, 5) is 17.7. The van der Waals surface area contributed by atoms with Gasteiger partial charge in [0.25, 0.3) is 0 Å². The molecule has 3 atom stereocenters. The highest BCUT2D eigenvalue weighted by Gasteiger charge is 2.29. The van der Waals surface area contributed by atoms with Crippen molar-refractivity contribution in [1.82, 2.24) is 24.9 Å². The number of nitrogens with one attached hydrogen (secondary N) is 3. The normalized spacial score (nSPS) is 17.7. The third kappa shape index (κ3) is 6.19. The number of urea groups is 1. The van der Waals surface area contributed by atoms with Gasteiger partial charge in [0.2, 0.25) is 0 Å². The Morgan fingerprint density at radius 3 is 2.69 bits per heavy atom. The van der Waals surface area contributed by atoms with Crippen LogP contribution in [0.15, 0.2) is 61.1 Å². The zero-order valence-electron chi connectivity index (χ0n) is 22.5. The van der Waals surface area contributed by atoms with Gasteiger partial charge in [-0.2, -0.15) is 0 Å². The summed E-state index contributed by atoms with van der Waals surface area (Å²) in [7, 11) is -1.25. The van der Waals surface area contributed by atoms with Crippen molar-refractivity contribution in [2.75, 3.05) is 15.8 Å². The van der Waals surface area contributed by atoms with Gasteiger partial charge < -0.3 is 15.4 Å². The van der Waals surface area contributed by atoms with Crippen LogP contribution in [-0.2, 0) is 16.4 Å². The lowest BCUT2D eigenvalue weighted by Gasteiger charge is -2.32. The van der Waals surface area contributed by atoms with E-state index >= 15 is 0 Å². The van der Waals surface area contributed by atoms with Gasteiger partial charge in [-0.1, -0.05) is 52.0 Å². The number of rotatable bonds is 7. The number of pyridine rings is 2. The van der Waals surface area contributed by atoms with E-state index in [-0.39, 0.29) is 23.6 Å². The highest BCUT2D eigenvalue weighted by molar-refractivity contribution is 7.86. The summed E-state index contributed by atoms with van der Waals surface area (Å²) in [6.07, 6.45) is 4.83. The topological polar surface area (TPSA) is 123 Å². The third-order valence-corrected chi connectivity index (χ3v) is 7.58. The summed E-state index contributed by atoms with van der Waals surface area (Å²) in [5, 5.41) is 14.0. The fourth-order valence-corrected chi connectivity index (χ4v) is 5.10. The summed E-state index contributed by atoms with van der Waals surface area (Å²) in [5.41, 5.74) is 3.94. The van der Waals surface area contributed by atoms with Gasteiger partial charge in [-0.3, -0.25) is 9.12 Å². The molecule has 4 aromatic rings. The standard InChI is InChI=1S/C28H33N7O3S/c1-5-39(37)34-25-15-18(14-24(32-25)28(2,3)4)30-27(36)31-22-11-12-23(21-9-7-6-8-20(21)22)38-19-10-13-26-33-29-17-35(26)16-19/h6-10,13-17,22-23H,5,11-12H2,1-4H3,(H3,30,31,32,34,36). The van der Waals surface area contributed by atoms with E-state index in [2.05, 4.69) is 30.5 Å². The molecular weight excluding hydrogens is 514 g/mol. The summed E-state index contributed by atoms with van der Waals surface area (Å²) in [5.74, 6) is 1.64. The number of aromatic nitrogens is 4. The lowest BCUT2D eigenvalue weighted by molar-refractivity contribution is 0.171. The van der Waals surface area contributed by atoms with Crippen molar-refractivity contribution in [3.63, 3.8) is 0 Å². The average molecular weight is 548 g/mol. The quantitative estimate of drug-likeness (QED) is 0.289. The van der Waals surface area contributed by atoms with Crippen LogP contribution < -0.4 is 20.1 Å². The molecule has 204 valence electrons. The molecule has 39 heavy (non-hydrogen) atoms. The summed E-state index contributed by atoms with van der Waals surface area (Å²) in [6.45, 7) is 7.96. The van der Waals surface area contributed by atoms with Gasteiger partial charge in [0.05, 0.1) is 17.9 Å². The van der Waals surface area contributed by atoms with E-state index in [0.717, 1.165) is 41.1 Å². The first-order valence-corrected chi connectivity index (χ1v) is 14.3. The Morgan fingerprint density at radius 1 is 1.13 bits per heavy atom. The molecular formula is C28H33N7O3S. The first-order valence-electron chi connectivity index (χ1n) is 13.0. The minimum Gasteiger partial charge on any atom is -0.484 e. The van der Waals surface area contributed by atoms with E-state index in [1.165, 1.54) is 0 Å². The number of fused-ring (bicyclic) bond motifs is 2. The third-order valence-electron chi connectivity index (χ3n) is 6.62. The number of carbonyl (C=O) groups excluding carboxylic acids is 1. The van der Waals surface area contributed by atoms with Gasteiger partial charge in [0.15, 0.2) is 5.65 Å². The van der Waals surface area contributed by atoms with E-state index in [0.29, 0.717) is 17.3 Å². The zero-order valence-corrected chi connectivity index (χ0v) is 23.3. The van der Waals surface area contributed by atoms with Crippen molar-refractivity contribution >= 4 is 34.2 Å². The lowest BCUT2D eigenvalue weighted by atomic mass is 9.85. The van der Waals surface area contributed by atoms with Crippen molar-refractivity contribution in [1.29, 1.82) is 0 Å². The number of hydrogen-bond donors (Lipinski definition) is 3. The second-order valence-electron chi connectivity index (χ2n) is 10.5. The van der Waals surface area contributed by atoms with Crippen LogP contribution in [0.4, 0.5) is 16.3 Å². The number of benzene rings is 1. The Hall–Kier alpha value is -3.99. The molecule has 1 aromatic carbocycles. The van der Waals surface area contributed by atoms with Crippen molar-refractivity contribution < 1.29 is 13.7 Å². The van der Waals surface area contributed by atoms with Crippen molar-refractivity contribution in [3.05, 3.63) is 77.9 Å². The fraction of sp³-hybridized carbons (Fsp3) is 0.357. The second kappa shape index (κ2) is 11.0. The largest absolute Gasteiger partial charge is 0.484 e. The molecule has 0 bridgehead atoms. The molecule has 11 heteroatoms. The van der Waals surface area contributed by atoms with Crippen LogP contribution in [0.25, 0.3) is 5.65 Å². The highest BCUT2D eigenvalue weighted by atomic mass is 32.2. The Morgan fingerprint density at radius 2 is 1.92 bits per heavy atom. The van der Waals surface area contributed by atoms with E-state index in [9.17, 15) is 9.00 Å². The Kier molecular flexibility index (Phi) is 7.51. The monoisotopic (exact) mass is 547 g/mol. The molecule has 0 spiro atoms. The number of nitrogens with zero attached hydrogens (tertiary/aromatic N) is 4. The minimum absolute atomic E-state index is 0.140.